The number of aromatic nitrogens is 1. The molecule has 2 heterocycles. The van der Waals surface area contributed by atoms with E-state index in [1.807, 2.05) is 18.2 Å². The summed E-state index contributed by atoms with van der Waals surface area (Å²) in [6.45, 7) is 3.55. The lowest BCUT2D eigenvalue weighted by atomic mass is 10.0. The van der Waals surface area contributed by atoms with Gasteiger partial charge in [-0.15, -0.1) is 0 Å². The van der Waals surface area contributed by atoms with Crippen LogP contribution in [-0.4, -0.2) is 74.2 Å². The minimum Gasteiger partial charge on any atom is -0.496 e. The maximum atomic E-state index is 13.3. The van der Waals surface area contributed by atoms with E-state index in [0.717, 1.165) is 23.4 Å². The van der Waals surface area contributed by atoms with Gasteiger partial charge in [0.2, 0.25) is 0 Å². The third-order valence-electron chi connectivity index (χ3n) is 6.65. The van der Waals surface area contributed by atoms with Crippen molar-refractivity contribution in [3.8, 4) is 17.1 Å². The van der Waals surface area contributed by atoms with E-state index in [1.54, 1.807) is 25.1 Å². The van der Waals surface area contributed by atoms with E-state index in [0.29, 0.717) is 43.6 Å². The van der Waals surface area contributed by atoms with Crippen LogP contribution in [0, 0.1) is 6.92 Å². The van der Waals surface area contributed by atoms with Crippen molar-refractivity contribution in [1.29, 1.82) is 0 Å². The van der Waals surface area contributed by atoms with Crippen molar-refractivity contribution >= 4 is 17.7 Å². The van der Waals surface area contributed by atoms with Crippen LogP contribution in [0.2, 0.25) is 0 Å². The van der Waals surface area contributed by atoms with Crippen molar-refractivity contribution in [2.75, 3.05) is 52.3 Å². The highest BCUT2D eigenvalue weighted by Gasteiger charge is 2.35. The number of rotatable bonds is 6. The van der Waals surface area contributed by atoms with E-state index in [2.05, 4.69) is 9.88 Å². The molecule has 4 rings (SSSR count). The van der Waals surface area contributed by atoms with Gasteiger partial charge < -0.3 is 28.6 Å². The Labute approximate surface area is 223 Å². The third-order valence-corrected chi connectivity index (χ3v) is 6.65. The summed E-state index contributed by atoms with van der Waals surface area (Å²) in [5.41, 5.74) is 1.05. The Kier molecular flexibility index (Phi) is 8.03. The molecule has 1 unspecified atom stereocenters. The summed E-state index contributed by atoms with van der Waals surface area (Å²) in [4.78, 5) is 34.9. The third kappa shape index (κ3) is 5.94. The first-order valence-corrected chi connectivity index (χ1v) is 12.2. The normalized spacial score (nSPS) is 14.6. The van der Waals surface area contributed by atoms with Crippen molar-refractivity contribution < 1.29 is 36.7 Å². The number of hydrogen-bond acceptors (Lipinski definition) is 7. The molecule has 1 aromatic heterocycles. The van der Waals surface area contributed by atoms with Crippen molar-refractivity contribution in [3.05, 3.63) is 65.7 Å². The number of hydrogen-bond donors (Lipinski definition) is 0. The highest BCUT2D eigenvalue weighted by molar-refractivity contribution is 5.85. The van der Waals surface area contributed by atoms with Gasteiger partial charge in [0.25, 0.3) is 0 Å². The van der Waals surface area contributed by atoms with Gasteiger partial charge in [0, 0.05) is 51.9 Å². The van der Waals surface area contributed by atoms with Crippen LogP contribution in [0.5, 0.6) is 5.75 Å². The number of urea groups is 1. The summed E-state index contributed by atoms with van der Waals surface area (Å²) < 4.78 is 55.0. The molecule has 3 aromatic rings. The molecule has 12 heteroatoms. The molecule has 0 aliphatic carbocycles. The van der Waals surface area contributed by atoms with Gasteiger partial charge in [0.15, 0.2) is 17.7 Å². The fraction of sp³-hybridized carbons (Fsp3) is 0.370. The van der Waals surface area contributed by atoms with Gasteiger partial charge in [-0.2, -0.15) is 13.2 Å². The van der Waals surface area contributed by atoms with Crippen LogP contribution < -0.4 is 9.64 Å². The van der Waals surface area contributed by atoms with Gasteiger partial charge in [-0.25, -0.2) is 14.6 Å². The summed E-state index contributed by atoms with van der Waals surface area (Å²) in [6.07, 6.45) is -2.87. The van der Waals surface area contributed by atoms with E-state index in [4.69, 9.17) is 13.9 Å². The maximum absolute atomic E-state index is 13.3. The quantitative estimate of drug-likeness (QED) is 0.412. The molecule has 1 saturated heterocycles. The predicted molar refractivity (Wildman–Crippen MR) is 136 cm³/mol. The second-order valence-corrected chi connectivity index (χ2v) is 9.04. The van der Waals surface area contributed by atoms with Crippen molar-refractivity contribution in [3.63, 3.8) is 0 Å². The van der Waals surface area contributed by atoms with Crippen LogP contribution in [0.4, 0.5) is 23.7 Å². The van der Waals surface area contributed by atoms with Crippen LogP contribution in [0.1, 0.15) is 23.1 Å². The number of anilines is 1. The molecule has 2 amide bonds. The van der Waals surface area contributed by atoms with Crippen molar-refractivity contribution in [1.82, 2.24) is 14.8 Å². The topological polar surface area (TPSA) is 88.4 Å². The van der Waals surface area contributed by atoms with Crippen molar-refractivity contribution in [2.24, 2.45) is 0 Å². The zero-order chi connectivity index (χ0) is 28.3. The lowest BCUT2D eigenvalue weighted by Crippen LogP contribution is -2.53. The monoisotopic (exact) mass is 546 g/mol. The van der Waals surface area contributed by atoms with Crippen LogP contribution >= 0.6 is 0 Å². The standard InChI is InChI=1S/C27H29F3N4O5/c1-17-31-16-23(39-17)21-10-9-20(15-22(21)37-3)33-11-13-34(14-12-33)26(36)32(2)24(25(35)38-4)18-5-7-19(8-6-18)27(28,29)30/h5-10,15-16,24H,11-14H2,1-4H3. The van der Waals surface area contributed by atoms with Crippen LogP contribution in [0.15, 0.2) is 53.1 Å². The lowest BCUT2D eigenvalue weighted by molar-refractivity contribution is -0.146. The maximum Gasteiger partial charge on any atom is 0.416 e. The zero-order valence-electron chi connectivity index (χ0n) is 22.0. The molecule has 0 radical (unpaired) electrons. The number of carbonyl (C=O) groups is 2. The minimum absolute atomic E-state index is 0.221. The van der Waals surface area contributed by atoms with E-state index >= 15 is 0 Å². The smallest absolute Gasteiger partial charge is 0.416 e. The summed E-state index contributed by atoms with van der Waals surface area (Å²) in [5, 5.41) is 0. The number of carbonyl (C=O) groups excluding carboxylic acids is 2. The van der Waals surface area contributed by atoms with E-state index < -0.39 is 29.8 Å². The molecule has 1 aliphatic rings. The number of benzene rings is 2. The van der Waals surface area contributed by atoms with Gasteiger partial charge in [0.1, 0.15) is 5.75 Å². The zero-order valence-corrected chi connectivity index (χ0v) is 22.0. The number of nitrogens with zero attached hydrogens (tertiary/aromatic N) is 4. The summed E-state index contributed by atoms with van der Waals surface area (Å²) in [6, 6.07) is 8.23. The number of aryl methyl sites for hydroxylation is 1. The first-order valence-electron chi connectivity index (χ1n) is 12.2. The average molecular weight is 547 g/mol. The largest absolute Gasteiger partial charge is 0.496 e. The van der Waals surface area contributed by atoms with Crippen LogP contribution in [-0.2, 0) is 15.7 Å². The first kappa shape index (κ1) is 27.8. The van der Waals surface area contributed by atoms with Crippen LogP contribution in [0.3, 0.4) is 0 Å². The Morgan fingerprint density at radius 1 is 1.05 bits per heavy atom. The molecule has 2 aromatic carbocycles. The number of piperazine rings is 1. The molecule has 9 nitrogen and oxygen atoms in total. The number of likely N-dealkylation sites (N-methyl/N-ethyl adjacent to an activating group) is 1. The first-order chi connectivity index (χ1) is 18.5. The van der Waals surface area contributed by atoms with Gasteiger partial charge in [-0.1, -0.05) is 12.1 Å². The van der Waals surface area contributed by atoms with Crippen molar-refractivity contribution in [2.45, 2.75) is 19.1 Å². The van der Waals surface area contributed by atoms with E-state index in [9.17, 15) is 22.8 Å². The van der Waals surface area contributed by atoms with Gasteiger partial charge in [0.05, 0.1) is 31.5 Å². The molecule has 1 fully saturated rings. The summed E-state index contributed by atoms with van der Waals surface area (Å²) in [5.74, 6) is 1.02. The molecule has 0 bridgehead atoms. The van der Waals surface area contributed by atoms with E-state index in [1.165, 1.54) is 31.2 Å². The molecule has 0 N–H and O–H groups in total. The minimum atomic E-state index is -4.51. The Bertz CT molecular complexity index is 1320. The summed E-state index contributed by atoms with van der Waals surface area (Å²) >= 11 is 0. The Morgan fingerprint density at radius 2 is 1.72 bits per heavy atom. The number of ether oxygens (including phenoxy) is 2. The highest BCUT2D eigenvalue weighted by Crippen LogP contribution is 2.35. The number of oxazole rings is 1. The average Bonchev–Trinajstić information content (AvgIpc) is 3.38. The SMILES string of the molecule is COC(=O)C(c1ccc(C(F)(F)F)cc1)N(C)C(=O)N1CCN(c2ccc(-c3cnc(C)o3)c(OC)c2)CC1. The van der Waals surface area contributed by atoms with Crippen LogP contribution in [0.25, 0.3) is 11.3 Å². The number of amides is 2. The molecular weight excluding hydrogens is 517 g/mol. The summed E-state index contributed by atoms with van der Waals surface area (Å²) in [7, 11) is 4.18. The molecule has 1 atom stereocenters. The predicted octanol–water partition coefficient (Wildman–Crippen LogP) is 4.77. The second-order valence-electron chi connectivity index (χ2n) is 9.04. The molecular formula is C27H29F3N4O5. The number of methoxy groups -OCH3 is 2. The van der Waals surface area contributed by atoms with Gasteiger partial charge in [-0.3, -0.25) is 0 Å². The number of halogens is 3. The molecule has 0 spiro atoms. The Balaban J connectivity index is 1.45. The Hall–Kier alpha value is -4.22. The fourth-order valence-corrected chi connectivity index (χ4v) is 4.54. The lowest BCUT2D eigenvalue weighted by Gasteiger charge is -2.39. The molecule has 208 valence electrons. The molecule has 1 aliphatic heterocycles. The second kappa shape index (κ2) is 11.3. The highest BCUT2D eigenvalue weighted by atomic mass is 19.4. The fourth-order valence-electron chi connectivity index (χ4n) is 4.54. The number of esters is 1. The Morgan fingerprint density at radius 3 is 2.26 bits per heavy atom. The van der Waals surface area contributed by atoms with E-state index in [-0.39, 0.29) is 5.56 Å². The molecule has 0 saturated carbocycles. The number of alkyl halides is 3. The van der Waals surface area contributed by atoms with Gasteiger partial charge >= 0.3 is 18.2 Å². The van der Waals surface area contributed by atoms with Gasteiger partial charge in [-0.05, 0) is 29.8 Å². The molecule has 39 heavy (non-hydrogen) atoms.